The Bertz CT molecular complexity index is 735. The fourth-order valence-corrected chi connectivity index (χ4v) is 3.19. The number of aryl methyl sites for hydroxylation is 2. The van der Waals surface area contributed by atoms with E-state index in [2.05, 4.69) is 15.0 Å². The van der Waals surface area contributed by atoms with Crippen molar-refractivity contribution < 1.29 is 14.6 Å². The van der Waals surface area contributed by atoms with Gasteiger partial charge in [0, 0.05) is 32.5 Å². The molecule has 134 valence electrons. The molecule has 2 aromatic rings. The third kappa shape index (κ3) is 3.66. The fourth-order valence-electron chi connectivity index (χ4n) is 3.19. The molecular formula is C18H24N4O3. The second-order valence-electron chi connectivity index (χ2n) is 6.44. The zero-order valence-electron chi connectivity index (χ0n) is 14.7. The Morgan fingerprint density at radius 2 is 2.04 bits per heavy atom. The largest absolute Gasteiger partial charge is 0.478 e. The third-order valence-electron chi connectivity index (χ3n) is 4.81. The highest BCUT2D eigenvalue weighted by atomic mass is 16.5. The summed E-state index contributed by atoms with van der Waals surface area (Å²) in [5, 5.41) is 14.0. The predicted octanol–water partition coefficient (Wildman–Crippen LogP) is 2.10. The van der Waals surface area contributed by atoms with E-state index in [9.17, 15) is 9.90 Å². The number of aliphatic carboxylic acids is 1. The molecule has 2 heterocycles. The van der Waals surface area contributed by atoms with Gasteiger partial charge in [0.05, 0.1) is 6.54 Å². The summed E-state index contributed by atoms with van der Waals surface area (Å²) in [4.78, 5) is 18.4. The van der Waals surface area contributed by atoms with Crippen molar-refractivity contribution in [3.63, 3.8) is 0 Å². The number of carboxylic acid groups (broad SMARTS) is 1. The summed E-state index contributed by atoms with van der Waals surface area (Å²) in [5.41, 5.74) is -0.220. The zero-order chi connectivity index (χ0) is 17.9. The standard InChI is InChI=1S/C18H24N4O3/c1-3-22-16(19-13-20-22)12-21-10-8-18(9-11-21,17(23)24)25-15-7-5-4-6-14(15)2/h4-7,13H,3,8-12H2,1-2H3,(H,23,24). The first-order valence-corrected chi connectivity index (χ1v) is 8.61. The minimum atomic E-state index is -1.17. The SMILES string of the molecule is CCn1ncnc1CN1CCC(Oc2ccccc2C)(C(=O)O)CC1. The van der Waals surface area contributed by atoms with Crippen LogP contribution in [0.3, 0.4) is 0 Å². The topological polar surface area (TPSA) is 80.5 Å². The van der Waals surface area contributed by atoms with Gasteiger partial charge in [0.15, 0.2) is 0 Å². The Balaban J connectivity index is 1.68. The summed E-state index contributed by atoms with van der Waals surface area (Å²) >= 11 is 0. The van der Waals surface area contributed by atoms with Crippen LogP contribution >= 0.6 is 0 Å². The molecule has 0 amide bonds. The third-order valence-corrected chi connectivity index (χ3v) is 4.81. The molecule has 1 aromatic carbocycles. The van der Waals surface area contributed by atoms with Crippen LogP contribution in [-0.2, 0) is 17.9 Å². The number of carboxylic acids is 1. The monoisotopic (exact) mass is 344 g/mol. The molecule has 1 N–H and O–H groups in total. The summed E-state index contributed by atoms with van der Waals surface area (Å²) in [6.45, 7) is 6.70. The molecule has 0 aliphatic carbocycles. The molecule has 1 fully saturated rings. The van der Waals surface area contributed by atoms with Gasteiger partial charge in [-0.3, -0.25) is 4.90 Å². The smallest absolute Gasteiger partial charge is 0.348 e. The van der Waals surface area contributed by atoms with Crippen LogP contribution in [0.15, 0.2) is 30.6 Å². The number of aromatic nitrogens is 3. The molecule has 3 rings (SSSR count). The molecule has 0 bridgehead atoms. The maximum atomic E-state index is 11.9. The Kier molecular flexibility index (Phi) is 5.03. The number of carbonyl (C=O) groups is 1. The van der Waals surface area contributed by atoms with Crippen molar-refractivity contribution in [2.24, 2.45) is 0 Å². The van der Waals surface area contributed by atoms with Crippen LogP contribution in [0.25, 0.3) is 0 Å². The number of benzene rings is 1. The van der Waals surface area contributed by atoms with Crippen LogP contribution in [-0.4, -0.2) is 49.4 Å². The summed E-state index contributed by atoms with van der Waals surface area (Å²) in [5.74, 6) is 0.654. The van der Waals surface area contributed by atoms with E-state index >= 15 is 0 Å². The highest BCUT2D eigenvalue weighted by molar-refractivity contribution is 5.78. The first kappa shape index (κ1) is 17.4. The predicted molar refractivity (Wildman–Crippen MR) is 92.4 cm³/mol. The molecule has 1 saturated heterocycles. The van der Waals surface area contributed by atoms with Crippen molar-refractivity contribution in [1.82, 2.24) is 19.7 Å². The molecule has 1 aliphatic heterocycles. The second-order valence-corrected chi connectivity index (χ2v) is 6.44. The van der Waals surface area contributed by atoms with E-state index in [1.165, 1.54) is 0 Å². The van der Waals surface area contributed by atoms with Crippen LogP contribution in [0.5, 0.6) is 5.75 Å². The average molecular weight is 344 g/mol. The first-order chi connectivity index (χ1) is 12.0. The van der Waals surface area contributed by atoms with Crippen LogP contribution < -0.4 is 4.74 Å². The van der Waals surface area contributed by atoms with Crippen LogP contribution in [0, 0.1) is 6.92 Å². The number of ether oxygens (including phenoxy) is 1. The molecule has 1 aliphatic rings. The summed E-state index contributed by atoms with van der Waals surface area (Å²) in [6, 6.07) is 7.54. The maximum Gasteiger partial charge on any atom is 0.348 e. The molecule has 7 heteroatoms. The molecule has 0 saturated carbocycles. The van der Waals surface area contributed by atoms with Gasteiger partial charge < -0.3 is 9.84 Å². The van der Waals surface area contributed by atoms with Gasteiger partial charge in [0.2, 0.25) is 5.60 Å². The summed E-state index contributed by atoms with van der Waals surface area (Å²) in [6.07, 6.45) is 2.44. The number of likely N-dealkylation sites (tertiary alicyclic amines) is 1. The highest BCUT2D eigenvalue weighted by Gasteiger charge is 2.44. The first-order valence-electron chi connectivity index (χ1n) is 8.61. The molecule has 0 atom stereocenters. The van der Waals surface area contributed by atoms with Gasteiger partial charge in [-0.2, -0.15) is 5.10 Å². The Morgan fingerprint density at radius 1 is 1.32 bits per heavy atom. The van der Waals surface area contributed by atoms with E-state index in [-0.39, 0.29) is 0 Å². The molecule has 1 aromatic heterocycles. The average Bonchev–Trinajstić information content (AvgIpc) is 3.06. The number of nitrogens with zero attached hydrogens (tertiary/aromatic N) is 4. The van der Waals surface area contributed by atoms with Crippen molar-refractivity contribution >= 4 is 5.97 Å². The molecule has 0 unspecified atom stereocenters. The minimum Gasteiger partial charge on any atom is -0.478 e. The van der Waals surface area contributed by atoms with Crippen molar-refractivity contribution in [1.29, 1.82) is 0 Å². The van der Waals surface area contributed by atoms with Crippen molar-refractivity contribution in [2.75, 3.05) is 13.1 Å². The van der Waals surface area contributed by atoms with E-state index in [1.54, 1.807) is 6.33 Å². The van der Waals surface area contributed by atoms with E-state index in [4.69, 9.17) is 4.74 Å². The van der Waals surface area contributed by atoms with Crippen molar-refractivity contribution in [3.8, 4) is 5.75 Å². The lowest BCUT2D eigenvalue weighted by molar-refractivity contribution is -0.160. The van der Waals surface area contributed by atoms with E-state index < -0.39 is 11.6 Å². The lowest BCUT2D eigenvalue weighted by atomic mass is 9.91. The Hall–Kier alpha value is -2.41. The summed E-state index contributed by atoms with van der Waals surface area (Å²) in [7, 11) is 0. The molecule has 25 heavy (non-hydrogen) atoms. The highest BCUT2D eigenvalue weighted by Crippen LogP contribution is 2.31. The Labute approximate surface area is 147 Å². The maximum absolute atomic E-state index is 11.9. The van der Waals surface area contributed by atoms with E-state index in [0.717, 1.165) is 17.9 Å². The number of rotatable bonds is 6. The van der Waals surface area contributed by atoms with Gasteiger partial charge in [0.1, 0.15) is 17.9 Å². The molecule has 0 spiro atoms. The molecule has 0 radical (unpaired) electrons. The second kappa shape index (κ2) is 7.23. The van der Waals surface area contributed by atoms with Gasteiger partial charge >= 0.3 is 5.97 Å². The van der Waals surface area contributed by atoms with Gasteiger partial charge in [-0.15, -0.1) is 0 Å². The van der Waals surface area contributed by atoms with E-state index in [0.29, 0.717) is 38.2 Å². The van der Waals surface area contributed by atoms with Crippen LogP contribution in [0.4, 0.5) is 0 Å². The number of para-hydroxylation sites is 1. The van der Waals surface area contributed by atoms with Gasteiger partial charge in [-0.1, -0.05) is 18.2 Å². The normalized spacial score (nSPS) is 17.4. The van der Waals surface area contributed by atoms with Gasteiger partial charge in [-0.05, 0) is 25.5 Å². The Morgan fingerprint density at radius 3 is 2.68 bits per heavy atom. The lowest BCUT2D eigenvalue weighted by Crippen LogP contribution is -2.53. The quantitative estimate of drug-likeness (QED) is 0.864. The number of hydrogen-bond acceptors (Lipinski definition) is 5. The van der Waals surface area contributed by atoms with Crippen LogP contribution in [0.2, 0.25) is 0 Å². The van der Waals surface area contributed by atoms with Gasteiger partial charge in [-0.25, -0.2) is 14.5 Å². The summed E-state index contributed by atoms with van der Waals surface area (Å²) < 4.78 is 7.87. The van der Waals surface area contributed by atoms with Gasteiger partial charge in [0.25, 0.3) is 0 Å². The van der Waals surface area contributed by atoms with Crippen molar-refractivity contribution in [3.05, 3.63) is 42.0 Å². The lowest BCUT2D eigenvalue weighted by Gasteiger charge is -2.39. The fraction of sp³-hybridized carbons (Fsp3) is 0.500. The molecular weight excluding hydrogens is 320 g/mol. The number of piperidine rings is 1. The minimum absolute atomic E-state index is 0.441. The zero-order valence-corrected chi connectivity index (χ0v) is 14.7. The molecule has 7 nitrogen and oxygen atoms in total. The van der Waals surface area contributed by atoms with Crippen LogP contribution in [0.1, 0.15) is 31.2 Å². The number of hydrogen-bond donors (Lipinski definition) is 1. The van der Waals surface area contributed by atoms with Crippen molar-refractivity contribution in [2.45, 2.75) is 45.4 Å². The van der Waals surface area contributed by atoms with E-state index in [1.807, 2.05) is 42.8 Å².